The Hall–Kier alpha value is -1.66. The van der Waals surface area contributed by atoms with Crippen LogP contribution in [0.5, 0.6) is 5.75 Å². The average molecular weight is 427 g/mol. The van der Waals surface area contributed by atoms with Crippen molar-refractivity contribution in [2.24, 2.45) is 0 Å². The van der Waals surface area contributed by atoms with E-state index in [1.807, 2.05) is 60.6 Å². The number of rotatable bonds is 10. The van der Waals surface area contributed by atoms with Crippen LogP contribution in [0.15, 0.2) is 12.1 Å². The van der Waals surface area contributed by atoms with E-state index in [0.717, 1.165) is 16.7 Å². The van der Waals surface area contributed by atoms with Crippen molar-refractivity contribution in [2.45, 2.75) is 98.8 Å². The molecule has 1 atom stereocenters. The van der Waals surface area contributed by atoms with Crippen LogP contribution in [0.4, 0.5) is 4.39 Å². The number of esters is 1. The molecule has 0 saturated carbocycles. The standard InChI is InChI=1S/C24H39FO5/c1-10-24(9,25)21(26)28-12-11-27-20-18(15-29-22(3,4)5)13-17(2)14-19(20)16-30-23(6,7)8/h13-14H,10-12,15-16H2,1-9H3. The van der Waals surface area contributed by atoms with Crippen LogP contribution < -0.4 is 4.74 Å². The summed E-state index contributed by atoms with van der Waals surface area (Å²) in [6.45, 7) is 17.6. The van der Waals surface area contributed by atoms with E-state index in [0.29, 0.717) is 19.0 Å². The second-order valence-electron chi connectivity index (χ2n) is 9.75. The molecule has 0 heterocycles. The molecule has 5 nitrogen and oxygen atoms in total. The molecular weight excluding hydrogens is 387 g/mol. The quantitative estimate of drug-likeness (QED) is 0.356. The number of alkyl halides is 1. The van der Waals surface area contributed by atoms with Gasteiger partial charge in [-0.25, -0.2) is 9.18 Å². The molecule has 0 spiro atoms. The highest BCUT2D eigenvalue weighted by molar-refractivity contribution is 5.78. The number of aryl methyl sites for hydroxylation is 1. The third kappa shape index (κ3) is 9.43. The van der Waals surface area contributed by atoms with E-state index in [9.17, 15) is 9.18 Å². The minimum absolute atomic E-state index is 0.0364. The first-order chi connectivity index (χ1) is 13.6. The lowest BCUT2D eigenvalue weighted by atomic mass is 10.0. The van der Waals surface area contributed by atoms with Gasteiger partial charge in [0.25, 0.3) is 0 Å². The van der Waals surface area contributed by atoms with Crippen molar-refractivity contribution in [2.75, 3.05) is 13.2 Å². The summed E-state index contributed by atoms with van der Waals surface area (Å²) in [6, 6.07) is 4.03. The fraction of sp³-hybridized carbons (Fsp3) is 0.708. The Labute approximate surface area is 181 Å². The number of hydrogen-bond acceptors (Lipinski definition) is 5. The van der Waals surface area contributed by atoms with E-state index in [-0.39, 0.29) is 30.8 Å². The Kier molecular flexibility index (Phi) is 9.30. The molecule has 6 heteroatoms. The van der Waals surface area contributed by atoms with Crippen molar-refractivity contribution in [1.29, 1.82) is 0 Å². The summed E-state index contributed by atoms with van der Waals surface area (Å²) in [5, 5.41) is 0. The first-order valence-corrected chi connectivity index (χ1v) is 10.5. The molecule has 1 aromatic carbocycles. The third-order valence-electron chi connectivity index (χ3n) is 4.36. The molecule has 0 bridgehead atoms. The molecule has 0 fully saturated rings. The normalized spacial score (nSPS) is 14.3. The SMILES string of the molecule is CCC(C)(F)C(=O)OCCOc1c(COC(C)(C)C)cc(C)cc1COC(C)(C)C. The van der Waals surface area contributed by atoms with Gasteiger partial charge in [-0.1, -0.05) is 24.6 Å². The van der Waals surface area contributed by atoms with E-state index in [4.69, 9.17) is 18.9 Å². The van der Waals surface area contributed by atoms with E-state index in [1.54, 1.807) is 6.92 Å². The highest BCUT2D eigenvalue weighted by Gasteiger charge is 2.32. The monoisotopic (exact) mass is 426 g/mol. The summed E-state index contributed by atoms with van der Waals surface area (Å²) in [4.78, 5) is 11.8. The van der Waals surface area contributed by atoms with E-state index >= 15 is 0 Å². The van der Waals surface area contributed by atoms with Gasteiger partial charge in [-0.15, -0.1) is 0 Å². The van der Waals surface area contributed by atoms with Crippen LogP contribution in [-0.2, 0) is 32.2 Å². The number of ether oxygens (including phenoxy) is 4. The molecular formula is C24H39FO5. The van der Waals surface area contributed by atoms with Crippen LogP contribution in [-0.4, -0.2) is 36.1 Å². The Morgan fingerprint density at radius 2 is 1.37 bits per heavy atom. The molecule has 1 rings (SSSR count). The summed E-state index contributed by atoms with van der Waals surface area (Å²) < 4.78 is 37.0. The second-order valence-corrected chi connectivity index (χ2v) is 9.75. The van der Waals surface area contributed by atoms with Gasteiger partial charge in [0.1, 0.15) is 19.0 Å². The lowest BCUT2D eigenvalue weighted by Gasteiger charge is -2.24. The summed E-state index contributed by atoms with van der Waals surface area (Å²) >= 11 is 0. The number of halogens is 1. The minimum Gasteiger partial charge on any atom is -0.489 e. The molecule has 0 amide bonds. The topological polar surface area (TPSA) is 54.0 Å². The fourth-order valence-corrected chi connectivity index (χ4v) is 2.49. The summed E-state index contributed by atoms with van der Waals surface area (Å²) in [6.07, 6.45) is 0.0627. The molecule has 0 aliphatic carbocycles. The predicted octanol–water partition coefficient (Wildman–Crippen LogP) is 5.69. The predicted molar refractivity (Wildman–Crippen MR) is 117 cm³/mol. The van der Waals surface area contributed by atoms with Crippen molar-refractivity contribution >= 4 is 5.97 Å². The van der Waals surface area contributed by atoms with Crippen molar-refractivity contribution in [1.82, 2.24) is 0 Å². The maximum atomic E-state index is 14.0. The number of carbonyl (C=O) groups excluding carboxylic acids is 1. The number of benzene rings is 1. The lowest BCUT2D eigenvalue weighted by Crippen LogP contribution is -2.32. The van der Waals surface area contributed by atoms with Gasteiger partial charge in [-0.2, -0.15) is 0 Å². The van der Waals surface area contributed by atoms with Crippen LogP contribution in [0.2, 0.25) is 0 Å². The molecule has 0 aliphatic rings. The molecule has 30 heavy (non-hydrogen) atoms. The first kappa shape index (κ1) is 26.4. The molecule has 1 unspecified atom stereocenters. The Bertz CT molecular complexity index is 660. The molecule has 0 radical (unpaired) electrons. The highest BCUT2D eigenvalue weighted by Crippen LogP contribution is 2.30. The molecule has 0 saturated heterocycles. The summed E-state index contributed by atoms with van der Waals surface area (Å²) in [5.41, 5.74) is 0.279. The maximum Gasteiger partial charge on any atom is 0.343 e. The Balaban J connectivity index is 2.98. The fourth-order valence-electron chi connectivity index (χ4n) is 2.49. The Morgan fingerprint density at radius 3 is 1.77 bits per heavy atom. The van der Waals surface area contributed by atoms with Gasteiger partial charge in [0.05, 0.1) is 24.4 Å². The van der Waals surface area contributed by atoms with Crippen molar-refractivity contribution < 1.29 is 28.1 Å². The van der Waals surface area contributed by atoms with Gasteiger partial charge in [-0.3, -0.25) is 0 Å². The zero-order valence-corrected chi connectivity index (χ0v) is 20.1. The highest BCUT2D eigenvalue weighted by atomic mass is 19.1. The lowest BCUT2D eigenvalue weighted by molar-refractivity contribution is -0.157. The van der Waals surface area contributed by atoms with Crippen molar-refractivity contribution in [3.8, 4) is 5.75 Å². The van der Waals surface area contributed by atoms with Gasteiger partial charge >= 0.3 is 5.97 Å². The van der Waals surface area contributed by atoms with Crippen molar-refractivity contribution in [3.63, 3.8) is 0 Å². The largest absolute Gasteiger partial charge is 0.489 e. The van der Waals surface area contributed by atoms with Crippen LogP contribution >= 0.6 is 0 Å². The Morgan fingerprint density at radius 1 is 0.900 bits per heavy atom. The minimum atomic E-state index is -1.98. The molecule has 0 aromatic heterocycles. The van der Waals surface area contributed by atoms with Crippen LogP contribution in [0.25, 0.3) is 0 Å². The van der Waals surface area contributed by atoms with Gasteiger partial charge in [-0.05, 0) is 61.8 Å². The van der Waals surface area contributed by atoms with Gasteiger partial charge in [0, 0.05) is 11.1 Å². The first-order valence-electron chi connectivity index (χ1n) is 10.5. The average Bonchev–Trinajstić information content (AvgIpc) is 2.61. The van der Waals surface area contributed by atoms with Gasteiger partial charge in [0.15, 0.2) is 0 Å². The van der Waals surface area contributed by atoms with Crippen LogP contribution in [0.3, 0.4) is 0 Å². The zero-order valence-electron chi connectivity index (χ0n) is 20.1. The third-order valence-corrected chi connectivity index (χ3v) is 4.36. The van der Waals surface area contributed by atoms with E-state index in [1.165, 1.54) is 6.92 Å². The maximum absolute atomic E-state index is 14.0. The smallest absolute Gasteiger partial charge is 0.343 e. The van der Waals surface area contributed by atoms with E-state index in [2.05, 4.69) is 0 Å². The molecule has 172 valence electrons. The molecule has 1 aromatic rings. The summed E-state index contributed by atoms with van der Waals surface area (Å²) in [5.74, 6) is -0.214. The van der Waals surface area contributed by atoms with E-state index < -0.39 is 11.6 Å². The van der Waals surface area contributed by atoms with Gasteiger partial charge in [0.2, 0.25) is 5.67 Å². The molecule has 0 N–H and O–H groups in total. The zero-order chi connectivity index (χ0) is 23.2. The summed E-state index contributed by atoms with van der Waals surface area (Å²) in [7, 11) is 0. The van der Waals surface area contributed by atoms with Crippen molar-refractivity contribution in [3.05, 3.63) is 28.8 Å². The van der Waals surface area contributed by atoms with Crippen LogP contribution in [0.1, 0.15) is 78.5 Å². The van der Waals surface area contributed by atoms with Gasteiger partial charge < -0.3 is 18.9 Å². The number of hydrogen-bond donors (Lipinski definition) is 0. The molecule has 0 aliphatic heterocycles. The second kappa shape index (κ2) is 10.6. The van der Waals surface area contributed by atoms with Crippen LogP contribution in [0, 0.1) is 6.92 Å². The number of carbonyl (C=O) groups is 1.